The molecule has 0 aliphatic carbocycles. The smallest absolute Gasteiger partial charge is 0.344 e. The van der Waals surface area contributed by atoms with E-state index in [4.69, 9.17) is 30.2 Å². The van der Waals surface area contributed by atoms with Crippen molar-refractivity contribution in [3.8, 4) is 22.8 Å². The van der Waals surface area contributed by atoms with Crippen molar-refractivity contribution in [3.05, 3.63) is 71.4 Å². The average Bonchev–Trinajstić information content (AvgIpc) is 3.25. The van der Waals surface area contributed by atoms with E-state index in [-0.39, 0.29) is 13.2 Å². The van der Waals surface area contributed by atoms with Crippen molar-refractivity contribution in [1.82, 2.24) is 5.32 Å². The number of furan rings is 1. The van der Waals surface area contributed by atoms with Gasteiger partial charge < -0.3 is 23.9 Å². The summed E-state index contributed by atoms with van der Waals surface area (Å²) in [5.74, 6) is 1.08. The molecule has 0 unspecified atom stereocenters. The molecule has 162 valence electrons. The van der Waals surface area contributed by atoms with E-state index in [1.54, 1.807) is 42.5 Å². The van der Waals surface area contributed by atoms with Crippen LogP contribution in [0.5, 0.6) is 11.5 Å². The summed E-state index contributed by atoms with van der Waals surface area (Å²) in [5.41, 5.74) is 0.877. The van der Waals surface area contributed by atoms with Crippen molar-refractivity contribution in [2.24, 2.45) is 0 Å². The Labute approximate surface area is 184 Å². The molecule has 7 nitrogen and oxygen atoms in total. The highest BCUT2D eigenvalue weighted by Crippen LogP contribution is 2.26. The maximum atomic E-state index is 11.9. The first-order valence-corrected chi connectivity index (χ1v) is 10.0. The Bertz CT molecular complexity index is 1010. The zero-order valence-electron chi connectivity index (χ0n) is 16.9. The lowest BCUT2D eigenvalue weighted by Crippen LogP contribution is -2.29. The average molecular weight is 444 g/mol. The van der Waals surface area contributed by atoms with Gasteiger partial charge in [-0.3, -0.25) is 4.79 Å². The number of nitrogens with one attached hydrogen (secondary N) is 1. The van der Waals surface area contributed by atoms with E-state index in [0.717, 1.165) is 5.56 Å². The van der Waals surface area contributed by atoms with Crippen molar-refractivity contribution in [2.45, 2.75) is 13.5 Å². The van der Waals surface area contributed by atoms with Crippen LogP contribution in [0.1, 0.15) is 12.7 Å². The van der Waals surface area contributed by atoms with Crippen molar-refractivity contribution in [1.29, 1.82) is 0 Å². The Balaban J connectivity index is 1.39. The number of amides is 1. The normalized spacial score (nSPS) is 10.4. The molecule has 1 aromatic heterocycles. The lowest BCUT2D eigenvalue weighted by atomic mass is 10.2. The minimum Gasteiger partial charge on any atom is -0.490 e. The van der Waals surface area contributed by atoms with Crippen LogP contribution in [-0.2, 0) is 20.9 Å². The van der Waals surface area contributed by atoms with Crippen molar-refractivity contribution >= 4 is 23.5 Å². The largest absolute Gasteiger partial charge is 0.490 e. The molecule has 0 saturated carbocycles. The SMILES string of the molecule is CCOc1ccccc1OCC(=O)OCC(=O)NCc1ccc(-c2ccc(Cl)cc2)o1. The topological polar surface area (TPSA) is 87.0 Å². The second kappa shape index (κ2) is 11.1. The first-order chi connectivity index (χ1) is 15.0. The molecule has 31 heavy (non-hydrogen) atoms. The van der Waals surface area contributed by atoms with Crippen molar-refractivity contribution in [2.75, 3.05) is 19.8 Å². The number of carbonyl (C=O) groups is 2. The number of rotatable bonds is 10. The zero-order valence-corrected chi connectivity index (χ0v) is 17.7. The molecule has 0 saturated heterocycles. The number of hydrogen-bond acceptors (Lipinski definition) is 6. The van der Waals surface area contributed by atoms with Crippen LogP contribution >= 0.6 is 11.6 Å². The summed E-state index contributed by atoms with van der Waals surface area (Å²) in [4.78, 5) is 23.8. The minimum atomic E-state index is -0.663. The molecule has 0 aliphatic heterocycles. The zero-order chi connectivity index (χ0) is 22.1. The van der Waals surface area contributed by atoms with E-state index < -0.39 is 18.5 Å². The molecule has 0 spiro atoms. The van der Waals surface area contributed by atoms with Gasteiger partial charge in [0.2, 0.25) is 0 Å². The third kappa shape index (κ3) is 6.79. The predicted octanol–water partition coefficient (Wildman–Crippen LogP) is 4.24. The number of esters is 1. The van der Waals surface area contributed by atoms with Crippen LogP contribution in [0.2, 0.25) is 5.02 Å². The van der Waals surface area contributed by atoms with Gasteiger partial charge in [0.1, 0.15) is 11.5 Å². The van der Waals surface area contributed by atoms with Crippen LogP contribution in [-0.4, -0.2) is 31.7 Å². The first-order valence-electron chi connectivity index (χ1n) is 9.66. The van der Waals surface area contributed by atoms with Gasteiger partial charge in [-0.1, -0.05) is 23.7 Å². The third-order valence-electron chi connectivity index (χ3n) is 4.11. The Morgan fingerprint density at radius 2 is 1.65 bits per heavy atom. The molecule has 1 amide bonds. The molecule has 3 rings (SSSR count). The lowest BCUT2D eigenvalue weighted by Gasteiger charge is -2.11. The Morgan fingerprint density at radius 1 is 0.935 bits per heavy atom. The van der Waals surface area contributed by atoms with Gasteiger partial charge in [-0.25, -0.2) is 4.79 Å². The molecular weight excluding hydrogens is 422 g/mol. The highest BCUT2D eigenvalue weighted by molar-refractivity contribution is 6.30. The summed E-state index contributed by atoms with van der Waals surface area (Å²) in [6.07, 6.45) is 0. The second-order valence-electron chi connectivity index (χ2n) is 6.38. The van der Waals surface area contributed by atoms with E-state index in [1.165, 1.54) is 0 Å². The van der Waals surface area contributed by atoms with Crippen LogP contribution < -0.4 is 14.8 Å². The summed E-state index contributed by atoms with van der Waals surface area (Å²) < 4.78 is 21.5. The Morgan fingerprint density at radius 3 is 2.35 bits per heavy atom. The summed E-state index contributed by atoms with van der Waals surface area (Å²) >= 11 is 5.88. The molecule has 0 aliphatic rings. The highest BCUT2D eigenvalue weighted by atomic mass is 35.5. The molecule has 8 heteroatoms. The van der Waals surface area contributed by atoms with Crippen LogP contribution in [0, 0.1) is 0 Å². The second-order valence-corrected chi connectivity index (χ2v) is 6.82. The number of hydrogen-bond donors (Lipinski definition) is 1. The van der Waals surface area contributed by atoms with Crippen LogP contribution in [0.4, 0.5) is 0 Å². The highest BCUT2D eigenvalue weighted by Gasteiger charge is 2.12. The number of ether oxygens (including phenoxy) is 3. The fourth-order valence-electron chi connectivity index (χ4n) is 2.65. The number of para-hydroxylation sites is 2. The van der Waals surface area contributed by atoms with Crippen LogP contribution in [0.25, 0.3) is 11.3 Å². The maximum absolute atomic E-state index is 11.9. The van der Waals surface area contributed by atoms with Gasteiger partial charge in [0.15, 0.2) is 24.7 Å². The summed E-state index contributed by atoms with van der Waals surface area (Å²) in [5, 5.41) is 3.28. The van der Waals surface area contributed by atoms with E-state index in [9.17, 15) is 9.59 Å². The van der Waals surface area contributed by atoms with E-state index >= 15 is 0 Å². The molecule has 0 bridgehead atoms. The predicted molar refractivity (Wildman–Crippen MR) is 115 cm³/mol. The van der Waals surface area contributed by atoms with Crippen molar-refractivity contribution < 1.29 is 28.2 Å². The number of benzene rings is 2. The molecular formula is C23H22ClNO6. The van der Waals surface area contributed by atoms with Gasteiger partial charge in [0, 0.05) is 10.6 Å². The summed E-state index contributed by atoms with van der Waals surface area (Å²) in [7, 11) is 0. The third-order valence-corrected chi connectivity index (χ3v) is 4.36. The van der Waals surface area contributed by atoms with Gasteiger partial charge in [-0.15, -0.1) is 0 Å². The first kappa shape index (κ1) is 22.2. The lowest BCUT2D eigenvalue weighted by molar-refractivity contribution is -0.150. The molecule has 1 heterocycles. The molecule has 2 aromatic carbocycles. The van der Waals surface area contributed by atoms with Crippen molar-refractivity contribution in [3.63, 3.8) is 0 Å². The summed E-state index contributed by atoms with van der Waals surface area (Å²) in [6.45, 7) is 1.75. The number of carbonyl (C=O) groups excluding carboxylic acids is 2. The molecule has 1 N–H and O–H groups in total. The van der Waals surface area contributed by atoms with Gasteiger partial charge in [-0.2, -0.15) is 0 Å². The van der Waals surface area contributed by atoms with Crippen LogP contribution in [0.15, 0.2) is 65.1 Å². The van der Waals surface area contributed by atoms with Gasteiger partial charge in [-0.05, 0) is 55.5 Å². The van der Waals surface area contributed by atoms with E-state index in [0.29, 0.717) is 34.6 Å². The van der Waals surface area contributed by atoms with Crippen LogP contribution in [0.3, 0.4) is 0 Å². The molecule has 0 fully saturated rings. The Kier molecular flexibility index (Phi) is 7.95. The monoisotopic (exact) mass is 443 g/mol. The fraction of sp³-hybridized carbons (Fsp3) is 0.217. The standard InChI is InChI=1S/C23H22ClNO6/c1-2-28-20-5-3-4-6-21(20)29-15-23(27)30-14-22(26)25-13-18-11-12-19(31-18)16-7-9-17(24)10-8-16/h3-12H,2,13-15H2,1H3,(H,25,26). The van der Waals surface area contributed by atoms with Gasteiger partial charge in [0.05, 0.1) is 13.2 Å². The molecule has 0 radical (unpaired) electrons. The molecule has 0 atom stereocenters. The molecule has 3 aromatic rings. The van der Waals surface area contributed by atoms with E-state index in [1.807, 2.05) is 25.1 Å². The Hall–Kier alpha value is -3.45. The van der Waals surface area contributed by atoms with E-state index in [2.05, 4.69) is 5.32 Å². The minimum absolute atomic E-state index is 0.169. The maximum Gasteiger partial charge on any atom is 0.344 e. The van der Waals surface area contributed by atoms with Gasteiger partial charge >= 0.3 is 5.97 Å². The fourth-order valence-corrected chi connectivity index (χ4v) is 2.77. The quantitative estimate of drug-likeness (QED) is 0.472. The summed E-state index contributed by atoms with van der Waals surface area (Å²) in [6, 6.07) is 17.8. The van der Waals surface area contributed by atoms with Gasteiger partial charge in [0.25, 0.3) is 5.91 Å². The number of halogens is 1.